The summed E-state index contributed by atoms with van der Waals surface area (Å²) in [4.78, 5) is 55.3. The SMILES string of the molecule is COC(=O)c1ccc([C@@H](NC(=O)c2cc(C(=O)O)n3cncc3n2)C(N)=O)cc1. The third kappa shape index (κ3) is 3.88. The van der Waals surface area contributed by atoms with Crippen molar-refractivity contribution in [3.63, 3.8) is 0 Å². The number of primary amides is 1. The van der Waals surface area contributed by atoms with Crippen LogP contribution < -0.4 is 11.1 Å². The second-order valence-corrected chi connectivity index (χ2v) is 5.88. The van der Waals surface area contributed by atoms with E-state index in [4.69, 9.17) is 5.73 Å². The Hall–Kier alpha value is -4.28. The van der Waals surface area contributed by atoms with Crippen LogP contribution in [0.1, 0.15) is 42.9 Å². The fourth-order valence-electron chi connectivity index (χ4n) is 2.65. The number of nitrogens with zero attached hydrogens (tertiary/aromatic N) is 3. The monoisotopic (exact) mass is 397 g/mol. The summed E-state index contributed by atoms with van der Waals surface area (Å²) in [6.45, 7) is 0. The van der Waals surface area contributed by atoms with Crippen molar-refractivity contribution >= 4 is 29.4 Å². The lowest BCUT2D eigenvalue weighted by molar-refractivity contribution is -0.120. The molecule has 2 aromatic heterocycles. The van der Waals surface area contributed by atoms with Crippen LogP contribution in [0.15, 0.2) is 42.9 Å². The number of ether oxygens (including phenoxy) is 1. The number of carbonyl (C=O) groups is 4. The van der Waals surface area contributed by atoms with E-state index in [0.29, 0.717) is 5.56 Å². The number of fused-ring (bicyclic) bond motifs is 1. The van der Waals surface area contributed by atoms with E-state index in [9.17, 15) is 24.3 Å². The molecule has 11 heteroatoms. The van der Waals surface area contributed by atoms with Gasteiger partial charge in [-0.25, -0.2) is 19.6 Å². The maximum atomic E-state index is 12.6. The van der Waals surface area contributed by atoms with E-state index in [2.05, 4.69) is 20.0 Å². The van der Waals surface area contributed by atoms with Gasteiger partial charge in [-0.05, 0) is 17.7 Å². The van der Waals surface area contributed by atoms with Crippen LogP contribution in [-0.2, 0) is 9.53 Å². The summed E-state index contributed by atoms with van der Waals surface area (Å²) in [6, 6.07) is 5.55. The molecule has 3 rings (SSSR count). The quantitative estimate of drug-likeness (QED) is 0.495. The van der Waals surface area contributed by atoms with Crippen molar-refractivity contribution in [2.75, 3.05) is 7.11 Å². The third-order valence-corrected chi connectivity index (χ3v) is 4.06. The molecule has 0 unspecified atom stereocenters. The Labute approximate surface area is 163 Å². The minimum Gasteiger partial charge on any atom is -0.477 e. The van der Waals surface area contributed by atoms with Crippen molar-refractivity contribution in [1.29, 1.82) is 0 Å². The number of rotatable bonds is 6. The van der Waals surface area contributed by atoms with E-state index in [1.54, 1.807) is 0 Å². The van der Waals surface area contributed by atoms with Gasteiger partial charge in [-0.2, -0.15) is 0 Å². The van der Waals surface area contributed by atoms with Crippen molar-refractivity contribution < 1.29 is 29.0 Å². The number of carboxylic acids is 1. The highest BCUT2D eigenvalue weighted by Crippen LogP contribution is 2.16. The van der Waals surface area contributed by atoms with Crippen LogP contribution >= 0.6 is 0 Å². The van der Waals surface area contributed by atoms with Gasteiger partial charge in [-0.3, -0.25) is 14.0 Å². The molecule has 1 aromatic carbocycles. The zero-order chi connectivity index (χ0) is 21.1. The molecule has 0 fully saturated rings. The Bertz CT molecular complexity index is 1120. The number of methoxy groups -OCH3 is 1. The van der Waals surface area contributed by atoms with Gasteiger partial charge in [0.05, 0.1) is 18.9 Å². The summed E-state index contributed by atoms with van der Waals surface area (Å²) in [5.74, 6) is -3.50. The Morgan fingerprint density at radius 3 is 2.48 bits per heavy atom. The van der Waals surface area contributed by atoms with Crippen LogP contribution in [-0.4, -0.2) is 50.3 Å². The van der Waals surface area contributed by atoms with Crippen LogP contribution in [0.3, 0.4) is 0 Å². The predicted octanol–water partition coefficient (Wildman–Crippen LogP) is 0.171. The number of carboxylic acid groups (broad SMARTS) is 1. The topological polar surface area (TPSA) is 166 Å². The largest absolute Gasteiger partial charge is 0.477 e. The summed E-state index contributed by atoms with van der Waals surface area (Å²) in [7, 11) is 1.23. The van der Waals surface area contributed by atoms with Gasteiger partial charge in [-0.1, -0.05) is 12.1 Å². The van der Waals surface area contributed by atoms with Crippen molar-refractivity contribution in [2.45, 2.75) is 6.04 Å². The van der Waals surface area contributed by atoms with Gasteiger partial charge in [0.1, 0.15) is 23.8 Å². The van der Waals surface area contributed by atoms with E-state index < -0.39 is 29.8 Å². The molecule has 0 saturated carbocycles. The summed E-state index contributed by atoms with van der Waals surface area (Å²) < 4.78 is 5.81. The first-order valence-electron chi connectivity index (χ1n) is 8.16. The lowest BCUT2D eigenvalue weighted by Crippen LogP contribution is -2.38. The number of benzene rings is 1. The molecule has 0 aliphatic rings. The molecule has 3 aromatic rings. The maximum absolute atomic E-state index is 12.6. The lowest BCUT2D eigenvalue weighted by Gasteiger charge is -2.16. The highest BCUT2D eigenvalue weighted by Gasteiger charge is 2.24. The Kier molecular flexibility index (Phi) is 5.21. The number of aromatic nitrogens is 3. The van der Waals surface area contributed by atoms with Gasteiger partial charge in [0.15, 0.2) is 5.65 Å². The second kappa shape index (κ2) is 7.76. The molecule has 4 N–H and O–H groups in total. The minimum absolute atomic E-state index is 0.146. The Morgan fingerprint density at radius 1 is 1.21 bits per heavy atom. The molecular formula is C18H15N5O6. The molecule has 0 aliphatic heterocycles. The highest BCUT2D eigenvalue weighted by molar-refractivity contribution is 5.98. The molecule has 2 amide bonds. The van der Waals surface area contributed by atoms with Crippen LogP contribution in [0.5, 0.6) is 0 Å². The first-order valence-corrected chi connectivity index (χ1v) is 8.16. The lowest BCUT2D eigenvalue weighted by atomic mass is 10.0. The number of hydrogen-bond acceptors (Lipinski definition) is 7. The zero-order valence-electron chi connectivity index (χ0n) is 15.0. The Morgan fingerprint density at radius 2 is 1.90 bits per heavy atom. The van der Waals surface area contributed by atoms with Gasteiger partial charge >= 0.3 is 11.9 Å². The summed E-state index contributed by atoms with van der Waals surface area (Å²) in [6.07, 6.45) is 2.54. The molecule has 0 radical (unpaired) electrons. The number of nitrogens with two attached hydrogens (primary N) is 1. The Balaban J connectivity index is 1.90. The van der Waals surface area contributed by atoms with Crippen LogP contribution in [0.4, 0.5) is 0 Å². The standard InChI is InChI=1S/C18H15N5O6/c1-29-18(28)10-4-2-9(3-5-10)14(15(19)24)22-16(25)11-6-12(17(26)27)23-8-20-7-13(23)21-11/h2-8,14H,1H3,(H2,19,24)(H,22,25)(H,26,27)/t14-/m1/s1. The summed E-state index contributed by atoms with van der Waals surface area (Å²) in [5, 5.41) is 11.7. The van der Waals surface area contributed by atoms with E-state index in [1.807, 2.05) is 0 Å². The van der Waals surface area contributed by atoms with E-state index >= 15 is 0 Å². The van der Waals surface area contributed by atoms with Crippen molar-refractivity contribution in [3.8, 4) is 0 Å². The number of esters is 1. The van der Waals surface area contributed by atoms with Crippen molar-refractivity contribution in [3.05, 3.63) is 65.4 Å². The number of amides is 2. The predicted molar refractivity (Wildman–Crippen MR) is 97.1 cm³/mol. The summed E-state index contributed by atoms with van der Waals surface area (Å²) >= 11 is 0. The average molecular weight is 397 g/mol. The number of imidazole rings is 1. The van der Waals surface area contributed by atoms with Crippen molar-refractivity contribution in [1.82, 2.24) is 19.7 Å². The average Bonchev–Trinajstić information content (AvgIpc) is 3.18. The van der Waals surface area contributed by atoms with Crippen LogP contribution in [0.25, 0.3) is 5.65 Å². The third-order valence-electron chi connectivity index (χ3n) is 4.06. The van der Waals surface area contributed by atoms with Gasteiger partial charge in [-0.15, -0.1) is 0 Å². The van der Waals surface area contributed by atoms with Gasteiger partial charge in [0, 0.05) is 6.07 Å². The maximum Gasteiger partial charge on any atom is 0.353 e. The van der Waals surface area contributed by atoms with Gasteiger partial charge in [0.25, 0.3) is 5.91 Å². The number of aromatic carboxylic acids is 1. The van der Waals surface area contributed by atoms with E-state index in [-0.39, 0.29) is 22.6 Å². The minimum atomic E-state index is -1.28. The molecule has 0 bridgehead atoms. The van der Waals surface area contributed by atoms with Crippen LogP contribution in [0, 0.1) is 0 Å². The van der Waals surface area contributed by atoms with Gasteiger partial charge < -0.3 is 20.9 Å². The molecule has 2 heterocycles. The van der Waals surface area contributed by atoms with Crippen LogP contribution in [0.2, 0.25) is 0 Å². The van der Waals surface area contributed by atoms with E-state index in [1.165, 1.54) is 48.3 Å². The molecular weight excluding hydrogens is 382 g/mol. The number of carbonyl (C=O) groups excluding carboxylic acids is 3. The molecule has 11 nitrogen and oxygen atoms in total. The first-order chi connectivity index (χ1) is 13.8. The summed E-state index contributed by atoms with van der Waals surface area (Å²) in [5.41, 5.74) is 5.66. The molecule has 0 aliphatic carbocycles. The van der Waals surface area contributed by atoms with Crippen molar-refractivity contribution in [2.24, 2.45) is 5.73 Å². The normalized spacial score (nSPS) is 11.6. The molecule has 0 spiro atoms. The molecule has 1 atom stereocenters. The molecule has 29 heavy (non-hydrogen) atoms. The first kappa shape index (κ1) is 19.5. The van der Waals surface area contributed by atoms with Gasteiger partial charge in [0.2, 0.25) is 5.91 Å². The fourth-order valence-corrected chi connectivity index (χ4v) is 2.65. The smallest absolute Gasteiger partial charge is 0.353 e. The molecule has 148 valence electrons. The van der Waals surface area contributed by atoms with E-state index in [0.717, 1.165) is 6.07 Å². The molecule has 0 saturated heterocycles. The number of nitrogens with one attached hydrogen (secondary N) is 1. The highest BCUT2D eigenvalue weighted by atomic mass is 16.5. The fraction of sp³-hybridized carbons (Fsp3) is 0.111. The zero-order valence-corrected chi connectivity index (χ0v) is 15.0. The number of hydrogen-bond donors (Lipinski definition) is 3. The second-order valence-electron chi connectivity index (χ2n) is 5.88.